The summed E-state index contributed by atoms with van der Waals surface area (Å²) in [5.74, 6) is 0.716. The summed E-state index contributed by atoms with van der Waals surface area (Å²) in [4.78, 5) is 0. The lowest BCUT2D eigenvalue weighted by Gasteiger charge is -2.27. The summed E-state index contributed by atoms with van der Waals surface area (Å²) in [6.45, 7) is 3.76. The second-order valence-corrected chi connectivity index (χ2v) is 4.40. The number of para-hydroxylation sites is 1. The van der Waals surface area contributed by atoms with Gasteiger partial charge in [0, 0.05) is 5.56 Å². The highest BCUT2D eigenvalue weighted by Crippen LogP contribution is 2.45. The zero-order chi connectivity index (χ0) is 12.6. The molecule has 2 aromatic rings. The second-order valence-electron chi connectivity index (χ2n) is 4.40. The largest absolute Gasteiger partial charge is 0.482 e. The van der Waals surface area contributed by atoms with Crippen LogP contribution in [0.2, 0.25) is 0 Å². The van der Waals surface area contributed by atoms with Crippen LogP contribution in [0.3, 0.4) is 0 Å². The van der Waals surface area contributed by atoms with Crippen molar-refractivity contribution in [1.29, 1.82) is 0 Å². The average molecular weight is 238 g/mol. The van der Waals surface area contributed by atoms with Gasteiger partial charge in [-0.2, -0.15) is 0 Å². The summed E-state index contributed by atoms with van der Waals surface area (Å²) in [7, 11) is 0. The van der Waals surface area contributed by atoms with Crippen molar-refractivity contribution in [3.63, 3.8) is 0 Å². The lowest BCUT2D eigenvalue weighted by Crippen LogP contribution is -2.37. The van der Waals surface area contributed by atoms with Gasteiger partial charge in [-0.15, -0.1) is 0 Å². The number of hydrogen-bond acceptors (Lipinski definition) is 2. The van der Waals surface area contributed by atoms with Crippen molar-refractivity contribution < 1.29 is 9.84 Å². The Labute approximate surface area is 106 Å². The summed E-state index contributed by atoms with van der Waals surface area (Å²) < 4.78 is 5.76. The van der Waals surface area contributed by atoms with Gasteiger partial charge in [-0.05, 0) is 17.7 Å². The molecule has 0 saturated heterocycles. The summed E-state index contributed by atoms with van der Waals surface area (Å²) in [6, 6.07) is 17.1. The molecule has 0 fully saturated rings. The van der Waals surface area contributed by atoms with Crippen LogP contribution >= 0.6 is 0 Å². The van der Waals surface area contributed by atoms with Gasteiger partial charge in [-0.25, -0.2) is 0 Å². The van der Waals surface area contributed by atoms with Gasteiger partial charge in [0.15, 0.2) is 11.7 Å². The van der Waals surface area contributed by atoms with E-state index in [0.29, 0.717) is 5.75 Å². The highest BCUT2D eigenvalue weighted by molar-refractivity contribution is 5.50. The number of aliphatic hydroxyl groups is 1. The quantitative estimate of drug-likeness (QED) is 0.815. The van der Waals surface area contributed by atoms with Crippen molar-refractivity contribution in [3.05, 3.63) is 78.4 Å². The number of rotatable bonds is 2. The molecule has 0 bridgehead atoms. The normalized spacial score (nSPS) is 25.3. The zero-order valence-corrected chi connectivity index (χ0v) is 9.91. The monoisotopic (exact) mass is 238 g/mol. The Kier molecular flexibility index (Phi) is 2.46. The third-order valence-corrected chi connectivity index (χ3v) is 3.39. The van der Waals surface area contributed by atoms with Crippen LogP contribution in [0.4, 0.5) is 0 Å². The van der Waals surface area contributed by atoms with Crippen molar-refractivity contribution in [2.75, 3.05) is 0 Å². The van der Waals surface area contributed by atoms with Crippen molar-refractivity contribution in [2.45, 2.75) is 11.7 Å². The molecule has 1 N–H and O–H groups in total. The second kappa shape index (κ2) is 4.00. The van der Waals surface area contributed by atoms with Crippen LogP contribution in [0.15, 0.2) is 67.3 Å². The Hall–Kier alpha value is -2.06. The first kappa shape index (κ1) is 11.1. The standard InChI is InChI=1S/C16H14O2/c1-2-15-16(17,12-8-4-3-5-9-12)13-10-6-7-11-14(13)18-15/h2-11,15,17H,1H2/t15-,16+/m1/s1. The summed E-state index contributed by atoms with van der Waals surface area (Å²) in [6.07, 6.45) is 1.18. The van der Waals surface area contributed by atoms with E-state index < -0.39 is 11.7 Å². The molecule has 1 aliphatic heterocycles. The molecule has 2 nitrogen and oxygen atoms in total. The molecule has 0 radical (unpaired) electrons. The van der Waals surface area contributed by atoms with Gasteiger partial charge in [0.05, 0.1) is 0 Å². The molecule has 1 aliphatic rings. The van der Waals surface area contributed by atoms with Crippen LogP contribution in [0.1, 0.15) is 11.1 Å². The maximum atomic E-state index is 11.1. The highest BCUT2D eigenvalue weighted by atomic mass is 16.5. The Morgan fingerprint density at radius 2 is 1.72 bits per heavy atom. The first-order chi connectivity index (χ1) is 8.76. The van der Waals surface area contributed by atoms with Crippen LogP contribution in [-0.2, 0) is 5.60 Å². The van der Waals surface area contributed by atoms with E-state index in [9.17, 15) is 5.11 Å². The van der Waals surface area contributed by atoms with E-state index in [0.717, 1.165) is 11.1 Å². The Morgan fingerprint density at radius 1 is 1.06 bits per heavy atom. The molecule has 0 aliphatic carbocycles. The van der Waals surface area contributed by atoms with Crippen molar-refractivity contribution in [3.8, 4) is 5.75 Å². The molecule has 0 unspecified atom stereocenters. The van der Waals surface area contributed by atoms with Gasteiger partial charge in [-0.1, -0.05) is 55.1 Å². The SMILES string of the molecule is C=C[C@H]1Oc2ccccc2[C@@]1(O)c1ccccc1. The highest BCUT2D eigenvalue weighted by Gasteiger charge is 2.47. The molecule has 0 saturated carbocycles. The van der Waals surface area contributed by atoms with Crippen LogP contribution in [0.25, 0.3) is 0 Å². The Balaban J connectivity index is 2.22. The molecule has 0 spiro atoms. The minimum Gasteiger partial charge on any atom is -0.482 e. The van der Waals surface area contributed by atoms with Gasteiger partial charge in [0.1, 0.15) is 5.75 Å². The maximum Gasteiger partial charge on any atom is 0.158 e. The average Bonchev–Trinajstić information content (AvgIpc) is 2.74. The van der Waals surface area contributed by atoms with Gasteiger partial charge in [0.25, 0.3) is 0 Å². The minimum atomic E-state index is -1.15. The van der Waals surface area contributed by atoms with Gasteiger partial charge in [0.2, 0.25) is 0 Å². The van der Waals surface area contributed by atoms with E-state index in [-0.39, 0.29) is 0 Å². The molecule has 0 aromatic heterocycles. The number of ether oxygens (including phenoxy) is 1. The summed E-state index contributed by atoms with van der Waals surface area (Å²) in [5, 5.41) is 11.1. The molecular formula is C16H14O2. The third kappa shape index (κ3) is 1.39. The fourth-order valence-corrected chi connectivity index (χ4v) is 2.49. The molecule has 0 amide bonds. The van der Waals surface area contributed by atoms with Crippen LogP contribution < -0.4 is 4.74 Å². The number of fused-ring (bicyclic) bond motifs is 1. The first-order valence-electron chi connectivity index (χ1n) is 5.93. The van der Waals surface area contributed by atoms with Gasteiger partial charge in [-0.3, -0.25) is 0 Å². The number of hydrogen-bond donors (Lipinski definition) is 1. The smallest absolute Gasteiger partial charge is 0.158 e. The van der Waals surface area contributed by atoms with E-state index in [1.165, 1.54) is 0 Å². The Morgan fingerprint density at radius 3 is 2.44 bits per heavy atom. The molecule has 2 aromatic carbocycles. The summed E-state index contributed by atoms with van der Waals surface area (Å²) in [5.41, 5.74) is 0.459. The fourth-order valence-electron chi connectivity index (χ4n) is 2.49. The molecule has 90 valence electrons. The summed E-state index contributed by atoms with van der Waals surface area (Å²) >= 11 is 0. The van der Waals surface area contributed by atoms with Crippen LogP contribution in [0.5, 0.6) is 5.75 Å². The topological polar surface area (TPSA) is 29.5 Å². The predicted octanol–water partition coefficient (Wildman–Crippen LogP) is 2.87. The zero-order valence-electron chi connectivity index (χ0n) is 9.91. The fraction of sp³-hybridized carbons (Fsp3) is 0.125. The van der Waals surface area contributed by atoms with Crippen LogP contribution in [0, 0.1) is 0 Å². The van der Waals surface area contributed by atoms with E-state index in [1.54, 1.807) is 6.08 Å². The van der Waals surface area contributed by atoms with Crippen molar-refractivity contribution >= 4 is 0 Å². The van der Waals surface area contributed by atoms with Gasteiger partial charge < -0.3 is 9.84 Å². The molecule has 18 heavy (non-hydrogen) atoms. The predicted molar refractivity (Wildman–Crippen MR) is 70.5 cm³/mol. The van der Waals surface area contributed by atoms with Gasteiger partial charge >= 0.3 is 0 Å². The lowest BCUT2D eigenvalue weighted by atomic mass is 9.83. The van der Waals surface area contributed by atoms with E-state index in [2.05, 4.69) is 6.58 Å². The molecule has 3 rings (SSSR count). The van der Waals surface area contributed by atoms with Crippen LogP contribution in [-0.4, -0.2) is 11.2 Å². The maximum absolute atomic E-state index is 11.1. The first-order valence-corrected chi connectivity index (χ1v) is 5.93. The minimum absolute atomic E-state index is 0.461. The van der Waals surface area contributed by atoms with Crippen molar-refractivity contribution in [2.24, 2.45) is 0 Å². The number of benzene rings is 2. The molecule has 2 atom stereocenters. The molecular weight excluding hydrogens is 224 g/mol. The van der Waals surface area contributed by atoms with E-state index >= 15 is 0 Å². The molecule has 1 heterocycles. The van der Waals surface area contributed by atoms with E-state index in [1.807, 2.05) is 54.6 Å². The molecule has 2 heteroatoms. The third-order valence-electron chi connectivity index (χ3n) is 3.39. The van der Waals surface area contributed by atoms with Crippen molar-refractivity contribution in [1.82, 2.24) is 0 Å². The Bertz CT molecular complexity index is 577. The van der Waals surface area contributed by atoms with E-state index in [4.69, 9.17) is 4.74 Å². The lowest BCUT2D eigenvalue weighted by molar-refractivity contribution is 0.0185.